The molecule has 2 aromatic rings. The fourth-order valence-electron chi connectivity index (χ4n) is 1.98. The number of rotatable bonds is 5. The molecule has 0 amide bonds. The van der Waals surface area contributed by atoms with E-state index in [0.29, 0.717) is 46.5 Å². The summed E-state index contributed by atoms with van der Waals surface area (Å²) < 4.78 is 5.73. The molecule has 0 heterocycles. The van der Waals surface area contributed by atoms with Gasteiger partial charge in [0.2, 0.25) is 0 Å². The minimum Gasteiger partial charge on any atom is -0.493 e. The first-order valence-electron chi connectivity index (χ1n) is 6.47. The van der Waals surface area contributed by atoms with E-state index in [-0.39, 0.29) is 0 Å². The molecule has 0 aromatic heterocycles. The Morgan fingerprint density at radius 3 is 2.48 bits per heavy atom. The average Bonchev–Trinajstić information content (AvgIpc) is 2.44. The molecule has 2 N–H and O–H groups in total. The van der Waals surface area contributed by atoms with Crippen LogP contribution in [0.25, 0.3) is 11.1 Å². The first-order chi connectivity index (χ1) is 10.1. The summed E-state index contributed by atoms with van der Waals surface area (Å²) in [6, 6.07) is 12.9. The van der Waals surface area contributed by atoms with Gasteiger partial charge in [-0.25, -0.2) is 0 Å². The van der Waals surface area contributed by atoms with Crippen LogP contribution < -0.4 is 10.5 Å². The van der Waals surface area contributed by atoms with Crippen molar-refractivity contribution in [1.29, 1.82) is 5.26 Å². The van der Waals surface area contributed by atoms with Gasteiger partial charge in [-0.15, -0.1) is 0 Å². The van der Waals surface area contributed by atoms with Gasteiger partial charge in [-0.05, 0) is 24.6 Å². The van der Waals surface area contributed by atoms with Gasteiger partial charge in [-0.2, -0.15) is 5.26 Å². The highest BCUT2D eigenvalue weighted by atomic mass is 35.5. The van der Waals surface area contributed by atoms with Gasteiger partial charge in [0.1, 0.15) is 5.75 Å². The van der Waals surface area contributed by atoms with E-state index in [0.717, 1.165) is 5.56 Å². The number of hydrogen-bond acceptors (Lipinski definition) is 3. The molecule has 3 nitrogen and oxygen atoms in total. The quantitative estimate of drug-likeness (QED) is 0.628. The van der Waals surface area contributed by atoms with Crippen LogP contribution in [0.1, 0.15) is 12.8 Å². The Labute approximate surface area is 133 Å². The molecule has 2 aromatic carbocycles. The lowest BCUT2D eigenvalue weighted by atomic mass is 10.0. The first-order valence-corrected chi connectivity index (χ1v) is 7.22. The lowest BCUT2D eigenvalue weighted by molar-refractivity contribution is 0.314. The zero-order valence-corrected chi connectivity index (χ0v) is 12.8. The number of anilines is 1. The second-order valence-electron chi connectivity index (χ2n) is 4.47. The number of nitrogen functional groups attached to an aromatic ring is 1. The smallest absolute Gasteiger partial charge is 0.127 e. The first kappa shape index (κ1) is 15.5. The molecule has 5 heteroatoms. The molecule has 0 aliphatic heterocycles. The van der Waals surface area contributed by atoms with Crippen LogP contribution in [0.4, 0.5) is 5.69 Å². The maximum absolute atomic E-state index is 8.54. The van der Waals surface area contributed by atoms with Crippen molar-refractivity contribution in [3.8, 4) is 22.9 Å². The van der Waals surface area contributed by atoms with Crippen LogP contribution in [0.15, 0.2) is 36.4 Å². The van der Waals surface area contributed by atoms with E-state index < -0.39 is 0 Å². The van der Waals surface area contributed by atoms with Crippen LogP contribution in [0.5, 0.6) is 5.75 Å². The number of nitrogens with two attached hydrogens (primary N) is 1. The van der Waals surface area contributed by atoms with Crippen molar-refractivity contribution in [2.75, 3.05) is 12.3 Å². The fraction of sp³-hybridized carbons (Fsp3) is 0.188. The summed E-state index contributed by atoms with van der Waals surface area (Å²) >= 11 is 12.5. The zero-order valence-electron chi connectivity index (χ0n) is 11.3. The van der Waals surface area contributed by atoms with Crippen LogP contribution in [0, 0.1) is 11.3 Å². The Morgan fingerprint density at radius 2 is 1.81 bits per heavy atom. The van der Waals surface area contributed by atoms with E-state index in [1.165, 1.54) is 0 Å². The second-order valence-corrected chi connectivity index (χ2v) is 5.28. The van der Waals surface area contributed by atoms with Crippen LogP contribution >= 0.6 is 23.2 Å². The molecule has 108 valence electrons. The third-order valence-corrected chi connectivity index (χ3v) is 3.51. The van der Waals surface area contributed by atoms with Crippen molar-refractivity contribution in [1.82, 2.24) is 0 Å². The van der Waals surface area contributed by atoms with E-state index in [4.69, 9.17) is 38.9 Å². The van der Waals surface area contributed by atoms with Crippen LogP contribution in [0.3, 0.4) is 0 Å². The van der Waals surface area contributed by atoms with Crippen molar-refractivity contribution in [3.63, 3.8) is 0 Å². The van der Waals surface area contributed by atoms with Crippen molar-refractivity contribution < 1.29 is 4.74 Å². The van der Waals surface area contributed by atoms with Crippen LogP contribution in [-0.4, -0.2) is 6.61 Å². The van der Waals surface area contributed by atoms with Crippen LogP contribution in [0.2, 0.25) is 10.0 Å². The van der Waals surface area contributed by atoms with Gasteiger partial charge in [0, 0.05) is 23.2 Å². The van der Waals surface area contributed by atoms with Gasteiger partial charge in [0.05, 0.1) is 22.7 Å². The normalized spacial score (nSPS) is 10.1. The molecular formula is C16H14Cl2N2O. The van der Waals surface area contributed by atoms with E-state index in [2.05, 4.69) is 6.07 Å². The lowest BCUT2D eigenvalue weighted by Gasteiger charge is -2.14. The van der Waals surface area contributed by atoms with Crippen LogP contribution in [-0.2, 0) is 0 Å². The molecule has 0 saturated carbocycles. The topological polar surface area (TPSA) is 59.0 Å². The van der Waals surface area contributed by atoms with Crippen molar-refractivity contribution in [2.24, 2.45) is 0 Å². The second kappa shape index (κ2) is 7.21. The van der Waals surface area contributed by atoms with Gasteiger partial charge in [-0.1, -0.05) is 41.4 Å². The van der Waals surface area contributed by atoms with Gasteiger partial charge in [-0.3, -0.25) is 0 Å². The fourth-order valence-corrected chi connectivity index (χ4v) is 2.69. The number of halogens is 2. The molecule has 0 unspecified atom stereocenters. The highest BCUT2D eigenvalue weighted by Gasteiger charge is 2.14. The van der Waals surface area contributed by atoms with E-state index in [1.54, 1.807) is 12.1 Å². The summed E-state index contributed by atoms with van der Waals surface area (Å²) in [5.74, 6) is 0.684. The number of para-hydroxylation sites is 1. The Bertz CT molecular complexity index is 657. The third-order valence-electron chi connectivity index (χ3n) is 2.91. The number of hydrogen-bond donors (Lipinski definition) is 1. The highest BCUT2D eigenvalue weighted by molar-refractivity contribution is 6.39. The predicted octanol–water partition coefficient (Wildman–Crippen LogP) is 4.93. The molecule has 0 bridgehead atoms. The molecule has 0 fully saturated rings. The van der Waals surface area contributed by atoms with Gasteiger partial charge < -0.3 is 10.5 Å². The SMILES string of the molecule is N#CCCCOc1ccccc1-c1c(Cl)cc(N)cc1Cl. The molecular weight excluding hydrogens is 307 g/mol. The Hall–Kier alpha value is -1.89. The summed E-state index contributed by atoms with van der Waals surface area (Å²) in [6.07, 6.45) is 1.14. The molecule has 0 aliphatic carbocycles. The van der Waals surface area contributed by atoms with Gasteiger partial charge in [0.25, 0.3) is 0 Å². The predicted molar refractivity (Wildman–Crippen MR) is 86.7 cm³/mol. The largest absolute Gasteiger partial charge is 0.493 e. The van der Waals surface area contributed by atoms with Gasteiger partial charge >= 0.3 is 0 Å². The third kappa shape index (κ3) is 3.81. The number of benzene rings is 2. The summed E-state index contributed by atoms with van der Waals surface area (Å²) in [7, 11) is 0. The van der Waals surface area contributed by atoms with Crippen molar-refractivity contribution >= 4 is 28.9 Å². The molecule has 0 spiro atoms. The highest BCUT2D eigenvalue weighted by Crippen LogP contribution is 2.40. The molecule has 0 radical (unpaired) electrons. The maximum atomic E-state index is 8.54. The summed E-state index contributed by atoms with van der Waals surface area (Å²) in [4.78, 5) is 0. The van der Waals surface area contributed by atoms with Crippen molar-refractivity contribution in [2.45, 2.75) is 12.8 Å². The summed E-state index contributed by atoms with van der Waals surface area (Å²) in [5.41, 5.74) is 7.75. The number of unbranched alkanes of at least 4 members (excludes halogenated alkanes) is 1. The van der Waals surface area contributed by atoms with Gasteiger partial charge in [0.15, 0.2) is 0 Å². The number of ether oxygens (including phenoxy) is 1. The minimum absolute atomic E-state index is 0.464. The van der Waals surface area contributed by atoms with Crippen molar-refractivity contribution in [3.05, 3.63) is 46.4 Å². The molecule has 21 heavy (non-hydrogen) atoms. The molecule has 2 rings (SSSR count). The lowest BCUT2D eigenvalue weighted by Crippen LogP contribution is -1.99. The standard InChI is InChI=1S/C16H14Cl2N2O/c17-13-9-11(20)10-14(18)16(13)12-5-1-2-6-15(12)21-8-4-3-7-19/h1-2,5-6,9-10H,3-4,8,20H2. The summed E-state index contributed by atoms with van der Waals surface area (Å²) in [5, 5.41) is 9.50. The Kier molecular flexibility index (Phi) is 5.32. The van der Waals surface area contributed by atoms with E-state index in [1.807, 2.05) is 24.3 Å². The number of nitriles is 1. The molecule has 0 aliphatic rings. The monoisotopic (exact) mass is 320 g/mol. The number of nitrogens with zero attached hydrogens (tertiary/aromatic N) is 1. The zero-order chi connectivity index (χ0) is 15.2. The van der Waals surface area contributed by atoms with E-state index in [9.17, 15) is 0 Å². The Balaban J connectivity index is 2.34. The maximum Gasteiger partial charge on any atom is 0.127 e. The summed E-state index contributed by atoms with van der Waals surface area (Å²) in [6.45, 7) is 0.467. The molecule has 0 saturated heterocycles. The van der Waals surface area contributed by atoms with E-state index >= 15 is 0 Å². The minimum atomic E-state index is 0.464. The average molecular weight is 321 g/mol. The Morgan fingerprint density at radius 1 is 1.14 bits per heavy atom. The molecule has 0 atom stereocenters.